The zero-order valence-electron chi connectivity index (χ0n) is 14.7. The van der Waals surface area contributed by atoms with Crippen molar-refractivity contribution in [3.8, 4) is 0 Å². The van der Waals surface area contributed by atoms with Gasteiger partial charge in [-0.15, -0.1) is 22.7 Å². The Hall–Kier alpha value is -1.19. The molecule has 4 rings (SSSR count). The maximum absolute atomic E-state index is 12.1. The van der Waals surface area contributed by atoms with Crippen molar-refractivity contribution < 1.29 is 19.7 Å². The van der Waals surface area contributed by atoms with E-state index in [-0.39, 0.29) is 11.7 Å². The smallest absolute Gasteiger partial charge is 0.415 e. The number of rotatable bonds is 1. The Morgan fingerprint density at radius 1 is 1.32 bits per heavy atom. The molecule has 2 aromatic heterocycles. The van der Waals surface area contributed by atoms with Crippen LogP contribution in [0.15, 0.2) is 17.5 Å². The number of amides is 1. The van der Waals surface area contributed by atoms with Gasteiger partial charge in [-0.3, -0.25) is 10.2 Å². The molecule has 0 bridgehead atoms. The molecule has 138 valence electrons. The number of carbonyl (C=O) groups is 1. The monoisotopic (exact) mass is 384 g/mol. The average molecular weight is 385 g/mol. The lowest BCUT2D eigenvalue weighted by molar-refractivity contribution is -0.306. The van der Waals surface area contributed by atoms with Crippen molar-refractivity contribution in [2.24, 2.45) is 0 Å². The Morgan fingerprint density at radius 2 is 2.00 bits per heavy atom. The van der Waals surface area contributed by atoms with Gasteiger partial charge in [-0.05, 0) is 51.4 Å². The van der Waals surface area contributed by atoms with E-state index < -0.39 is 5.60 Å². The molecule has 0 aromatic carbocycles. The molecule has 8 heteroatoms. The van der Waals surface area contributed by atoms with Crippen molar-refractivity contribution >= 4 is 43.2 Å². The summed E-state index contributed by atoms with van der Waals surface area (Å²) in [6, 6.07) is 4.21. The van der Waals surface area contributed by atoms with E-state index in [0.29, 0.717) is 6.54 Å². The first-order chi connectivity index (χ1) is 11.8. The number of anilines is 1. The molecule has 2 fully saturated rings. The molecule has 1 amide bonds. The summed E-state index contributed by atoms with van der Waals surface area (Å²) < 4.78 is 8.18. The van der Waals surface area contributed by atoms with Gasteiger partial charge in [-0.2, -0.15) is 0 Å². The molecule has 2 aromatic rings. The summed E-state index contributed by atoms with van der Waals surface area (Å²) in [7, 11) is 0. The molecule has 2 aliphatic heterocycles. The van der Waals surface area contributed by atoms with Gasteiger partial charge in [0.05, 0.1) is 12.1 Å². The second-order valence-electron chi connectivity index (χ2n) is 7.32. The molecule has 0 aliphatic carbocycles. The van der Waals surface area contributed by atoms with Gasteiger partial charge >= 0.3 is 6.09 Å². The van der Waals surface area contributed by atoms with Gasteiger partial charge in [0.1, 0.15) is 10.6 Å². The Kier molecular flexibility index (Phi) is 5.36. The van der Waals surface area contributed by atoms with Gasteiger partial charge in [-0.1, -0.05) is 0 Å². The first-order valence-electron chi connectivity index (χ1n) is 8.33. The van der Waals surface area contributed by atoms with E-state index in [1.807, 2.05) is 4.90 Å². The fourth-order valence-corrected chi connectivity index (χ4v) is 4.91. The zero-order chi connectivity index (χ0) is 18.1. The molecule has 4 heterocycles. The van der Waals surface area contributed by atoms with Crippen molar-refractivity contribution in [2.75, 3.05) is 24.5 Å². The minimum Gasteiger partial charge on any atom is -0.441 e. The molecule has 1 spiro atoms. The molecular formula is C17H24N2O4S2. The Bertz CT molecular complexity index is 700. The number of fused-ring (bicyclic) bond motifs is 1. The number of nitrogens with zero attached hydrogens (tertiary/aromatic N) is 1. The molecule has 25 heavy (non-hydrogen) atoms. The van der Waals surface area contributed by atoms with Crippen LogP contribution in [0.5, 0.6) is 0 Å². The SMILES string of the molecule is CC(C)(C)OO.O=C1OC2(CCNCC2)CN1c1cc2sccc2s1. The summed E-state index contributed by atoms with van der Waals surface area (Å²) >= 11 is 3.39. The van der Waals surface area contributed by atoms with E-state index in [4.69, 9.17) is 9.99 Å². The first kappa shape index (κ1) is 18.6. The Morgan fingerprint density at radius 3 is 2.60 bits per heavy atom. The van der Waals surface area contributed by atoms with E-state index in [1.54, 1.807) is 43.4 Å². The standard InChI is InChI=1S/C13H14N2O2S2.C4H10O2/c16-12-15(8-13(17-12)2-4-14-5-3-13)11-7-10-9(19-11)1-6-18-10;1-4(2,3)6-5/h1,6-7,14H,2-5,8H2;5H,1-3H3. The largest absolute Gasteiger partial charge is 0.441 e. The summed E-state index contributed by atoms with van der Waals surface area (Å²) in [5, 5.41) is 14.3. The molecule has 0 unspecified atom stereocenters. The van der Waals surface area contributed by atoms with Crippen LogP contribution in [0.1, 0.15) is 33.6 Å². The number of hydrogen-bond acceptors (Lipinski definition) is 7. The first-order valence-corrected chi connectivity index (χ1v) is 10.0. The Balaban J connectivity index is 0.000000265. The van der Waals surface area contributed by atoms with Crippen LogP contribution in [0.4, 0.5) is 9.80 Å². The van der Waals surface area contributed by atoms with E-state index in [1.165, 1.54) is 9.40 Å². The lowest BCUT2D eigenvalue weighted by Gasteiger charge is -2.31. The normalized spacial score (nSPS) is 19.8. The number of nitrogens with one attached hydrogen (secondary N) is 1. The number of ether oxygens (including phenoxy) is 1. The third-order valence-electron chi connectivity index (χ3n) is 4.15. The third kappa shape index (κ3) is 4.32. The molecule has 6 nitrogen and oxygen atoms in total. The second-order valence-corrected chi connectivity index (χ2v) is 9.33. The summed E-state index contributed by atoms with van der Waals surface area (Å²) in [6.07, 6.45) is 1.64. The minimum atomic E-state index is -0.403. The fourth-order valence-electron chi connectivity index (χ4n) is 2.82. The maximum Gasteiger partial charge on any atom is 0.415 e. The van der Waals surface area contributed by atoms with Crippen molar-refractivity contribution in [3.05, 3.63) is 17.5 Å². The summed E-state index contributed by atoms with van der Waals surface area (Å²) in [5.41, 5.74) is -0.667. The molecular weight excluding hydrogens is 360 g/mol. The predicted molar refractivity (Wildman–Crippen MR) is 102 cm³/mol. The van der Waals surface area contributed by atoms with Crippen LogP contribution in [0.3, 0.4) is 0 Å². The van der Waals surface area contributed by atoms with Crippen LogP contribution in [-0.4, -0.2) is 42.2 Å². The molecule has 2 aliphatic rings. The third-order valence-corrected chi connectivity index (χ3v) is 6.27. The van der Waals surface area contributed by atoms with Gasteiger partial charge in [-0.25, -0.2) is 9.68 Å². The fraction of sp³-hybridized carbons (Fsp3) is 0.588. The lowest BCUT2D eigenvalue weighted by atomic mass is 9.92. The van der Waals surface area contributed by atoms with Gasteiger partial charge in [0.2, 0.25) is 0 Å². The summed E-state index contributed by atoms with van der Waals surface area (Å²) in [5.74, 6) is 0. The molecule has 2 saturated heterocycles. The highest BCUT2D eigenvalue weighted by atomic mass is 32.1. The second kappa shape index (κ2) is 7.20. The van der Waals surface area contributed by atoms with Crippen molar-refractivity contribution in [1.82, 2.24) is 5.32 Å². The van der Waals surface area contributed by atoms with Gasteiger partial charge < -0.3 is 10.1 Å². The van der Waals surface area contributed by atoms with E-state index >= 15 is 0 Å². The highest BCUT2D eigenvalue weighted by Gasteiger charge is 2.46. The zero-order valence-corrected chi connectivity index (χ0v) is 16.3. The number of piperidine rings is 1. The minimum absolute atomic E-state index is 0.184. The van der Waals surface area contributed by atoms with Crippen LogP contribution in [0.2, 0.25) is 0 Å². The summed E-state index contributed by atoms with van der Waals surface area (Å²) in [4.78, 5) is 17.9. The number of thiophene rings is 2. The van der Waals surface area contributed by atoms with E-state index in [2.05, 4.69) is 27.7 Å². The van der Waals surface area contributed by atoms with Gasteiger partial charge in [0.15, 0.2) is 0 Å². The van der Waals surface area contributed by atoms with Crippen LogP contribution < -0.4 is 10.2 Å². The topological polar surface area (TPSA) is 71.0 Å². The highest BCUT2D eigenvalue weighted by Crippen LogP contribution is 2.40. The van der Waals surface area contributed by atoms with Gasteiger partial charge in [0.25, 0.3) is 0 Å². The highest BCUT2D eigenvalue weighted by molar-refractivity contribution is 7.29. The van der Waals surface area contributed by atoms with Crippen molar-refractivity contribution in [1.29, 1.82) is 0 Å². The number of carbonyl (C=O) groups excluding carboxylic acids is 1. The number of hydrogen-bond donors (Lipinski definition) is 2. The van der Waals surface area contributed by atoms with Crippen LogP contribution in [-0.2, 0) is 9.62 Å². The van der Waals surface area contributed by atoms with E-state index in [9.17, 15) is 4.79 Å². The maximum atomic E-state index is 12.1. The quantitative estimate of drug-likeness (QED) is 0.566. The van der Waals surface area contributed by atoms with Crippen LogP contribution in [0.25, 0.3) is 9.40 Å². The molecule has 0 atom stereocenters. The molecule has 0 radical (unpaired) electrons. The molecule has 0 saturated carbocycles. The van der Waals surface area contributed by atoms with Gasteiger partial charge in [0, 0.05) is 22.2 Å². The molecule has 2 N–H and O–H groups in total. The van der Waals surface area contributed by atoms with Crippen LogP contribution >= 0.6 is 22.7 Å². The summed E-state index contributed by atoms with van der Waals surface area (Å²) in [6.45, 7) is 7.87. The lowest BCUT2D eigenvalue weighted by Crippen LogP contribution is -2.44. The van der Waals surface area contributed by atoms with Crippen LogP contribution in [0, 0.1) is 0 Å². The predicted octanol–water partition coefficient (Wildman–Crippen LogP) is 4.32. The Labute approximate surface area is 155 Å². The van der Waals surface area contributed by atoms with Crippen molar-refractivity contribution in [2.45, 2.75) is 44.8 Å². The average Bonchev–Trinajstić information content (AvgIpc) is 3.21. The van der Waals surface area contributed by atoms with E-state index in [0.717, 1.165) is 30.9 Å². The van der Waals surface area contributed by atoms with Crippen molar-refractivity contribution in [3.63, 3.8) is 0 Å².